The first kappa shape index (κ1) is 20.2. The molecule has 0 spiro atoms. The Morgan fingerprint density at radius 1 is 0.897 bits per heavy atom. The third-order valence-electron chi connectivity index (χ3n) is 4.08. The number of rotatable bonds is 7. The smallest absolute Gasteiger partial charge is 0.257 e. The van der Waals surface area contributed by atoms with Crippen LogP contribution in [0.2, 0.25) is 5.02 Å². The van der Waals surface area contributed by atoms with E-state index in [-0.39, 0.29) is 18.4 Å². The van der Waals surface area contributed by atoms with Gasteiger partial charge >= 0.3 is 0 Å². The van der Waals surface area contributed by atoms with E-state index in [1.807, 2.05) is 18.2 Å². The van der Waals surface area contributed by atoms with Gasteiger partial charge < -0.3 is 20.7 Å². The predicted octanol–water partition coefficient (Wildman–Crippen LogP) is 4.65. The summed E-state index contributed by atoms with van der Waals surface area (Å²) in [5.41, 5.74) is 2.15. The fourth-order valence-corrected chi connectivity index (χ4v) is 2.88. The second-order valence-electron chi connectivity index (χ2n) is 6.11. The summed E-state index contributed by atoms with van der Waals surface area (Å²) in [7, 11) is 1.51. The maximum atomic E-state index is 12.6. The molecule has 0 unspecified atom stereocenters. The van der Waals surface area contributed by atoms with Crippen molar-refractivity contribution in [3.63, 3.8) is 0 Å². The molecule has 3 rings (SSSR count). The molecule has 148 valence electrons. The van der Waals surface area contributed by atoms with E-state index in [2.05, 4.69) is 16.0 Å². The third-order valence-corrected chi connectivity index (χ3v) is 4.31. The minimum atomic E-state index is -0.302. The average Bonchev–Trinajstić information content (AvgIpc) is 2.73. The minimum absolute atomic E-state index is 0.0364. The molecule has 3 N–H and O–H groups in total. The fourth-order valence-electron chi connectivity index (χ4n) is 2.70. The monoisotopic (exact) mass is 409 g/mol. The average molecular weight is 410 g/mol. The number of hydrogen-bond acceptors (Lipinski definition) is 4. The molecule has 6 nitrogen and oxygen atoms in total. The van der Waals surface area contributed by atoms with Crippen LogP contribution in [0.15, 0.2) is 72.8 Å². The first-order chi connectivity index (χ1) is 14.1. The summed E-state index contributed by atoms with van der Waals surface area (Å²) >= 11 is 5.99. The Kier molecular flexibility index (Phi) is 6.71. The number of halogens is 1. The van der Waals surface area contributed by atoms with E-state index >= 15 is 0 Å². The van der Waals surface area contributed by atoms with E-state index in [0.717, 1.165) is 0 Å². The number of para-hydroxylation sites is 2. The second kappa shape index (κ2) is 9.61. The van der Waals surface area contributed by atoms with Crippen LogP contribution in [-0.4, -0.2) is 25.5 Å². The lowest BCUT2D eigenvalue weighted by molar-refractivity contribution is -0.114. The van der Waals surface area contributed by atoms with E-state index in [1.54, 1.807) is 54.6 Å². The Hall–Kier alpha value is -3.51. The number of hydrogen-bond donors (Lipinski definition) is 3. The first-order valence-electron chi connectivity index (χ1n) is 8.89. The van der Waals surface area contributed by atoms with Gasteiger partial charge in [-0.25, -0.2) is 0 Å². The van der Waals surface area contributed by atoms with Crippen molar-refractivity contribution in [3.8, 4) is 5.75 Å². The molecular weight excluding hydrogens is 390 g/mol. The number of carbonyl (C=O) groups excluding carboxylic acids is 2. The van der Waals surface area contributed by atoms with Gasteiger partial charge in [0, 0.05) is 16.4 Å². The van der Waals surface area contributed by atoms with E-state index in [0.29, 0.717) is 33.4 Å². The topological polar surface area (TPSA) is 79.5 Å². The summed E-state index contributed by atoms with van der Waals surface area (Å²) in [6.45, 7) is -0.0364. The maximum Gasteiger partial charge on any atom is 0.257 e. The third kappa shape index (κ3) is 5.49. The molecule has 0 atom stereocenters. The summed E-state index contributed by atoms with van der Waals surface area (Å²) in [5, 5.41) is 9.08. The molecule has 0 fully saturated rings. The highest BCUT2D eigenvalue weighted by Crippen LogP contribution is 2.27. The Labute approximate surface area is 173 Å². The van der Waals surface area contributed by atoms with Gasteiger partial charge in [-0.2, -0.15) is 0 Å². The summed E-state index contributed by atoms with van der Waals surface area (Å²) in [4.78, 5) is 25.0. The van der Waals surface area contributed by atoms with E-state index in [9.17, 15) is 9.59 Å². The van der Waals surface area contributed by atoms with Crippen molar-refractivity contribution in [1.82, 2.24) is 0 Å². The van der Waals surface area contributed by atoms with Crippen LogP contribution < -0.4 is 20.7 Å². The van der Waals surface area contributed by atoms with Crippen molar-refractivity contribution < 1.29 is 14.3 Å². The number of nitrogens with one attached hydrogen (secondary N) is 3. The summed E-state index contributed by atoms with van der Waals surface area (Å²) in [6, 6.07) is 21.1. The quantitative estimate of drug-likeness (QED) is 0.530. The first-order valence-corrected chi connectivity index (χ1v) is 9.27. The maximum absolute atomic E-state index is 12.6. The van der Waals surface area contributed by atoms with Crippen LogP contribution in [0.4, 0.5) is 17.1 Å². The zero-order valence-electron chi connectivity index (χ0n) is 15.7. The summed E-state index contributed by atoms with van der Waals surface area (Å²) in [6.07, 6.45) is 0. The van der Waals surface area contributed by atoms with Crippen molar-refractivity contribution in [2.24, 2.45) is 0 Å². The Morgan fingerprint density at radius 2 is 1.62 bits per heavy atom. The lowest BCUT2D eigenvalue weighted by Gasteiger charge is -2.14. The van der Waals surface area contributed by atoms with Gasteiger partial charge in [0.05, 0.1) is 24.9 Å². The molecule has 2 amide bonds. The highest BCUT2D eigenvalue weighted by molar-refractivity contribution is 6.31. The van der Waals surface area contributed by atoms with Crippen molar-refractivity contribution in [3.05, 3.63) is 83.4 Å². The SMILES string of the molecule is COc1ccc(Cl)cc1NC(=O)CNc1ccccc1C(=O)Nc1ccccc1. The van der Waals surface area contributed by atoms with Crippen molar-refractivity contribution >= 4 is 40.5 Å². The van der Waals surface area contributed by atoms with Gasteiger partial charge in [-0.05, 0) is 42.5 Å². The van der Waals surface area contributed by atoms with Gasteiger partial charge in [-0.15, -0.1) is 0 Å². The molecule has 0 bridgehead atoms. The highest BCUT2D eigenvalue weighted by Gasteiger charge is 2.13. The second-order valence-corrected chi connectivity index (χ2v) is 6.55. The molecule has 0 aliphatic rings. The number of ether oxygens (including phenoxy) is 1. The van der Waals surface area contributed by atoms with Gasteiger partial charge in [-0.3, -0.25) is 9.59 Å². The zero-order valence-corrected chi connectivity index (χ0v) is 16.5. The van der Waals surface area contributed by atoms with Gasteiger partial charge in [0.15, 0.2) is 0 Å². The molecule has 3 aromatic carbocycles. The molecule has 0 aliphatic carbocycles. The molecule has 3 aromatic rings. The van der Waals surface area contributed by atoms with E-state index < -0.39 is 0 Å². The number of anilines is 3. The van der Waals surface area contributed by atoms with Crippen LogP contribution in [0, 0.1) is 0 Å². The molecule has 7 heteroatoms. The largest absolute Gasteiger partial charge is 0.495 e. The Bertz CT molecular complexity index is 1010. The summed E-state index contributed by atoms with van der Waals surface area (Å²) in [5.74, 6) is -0.0644. The van der Waals surface area contributed by atoms with Gasteiger partial charge in [-0.1, -0.05) is 41.9 Å². The summed E-state index contributed by atoms with van der Waals surface area (Å²) < 4.78 is 5.22. The molecule has 0 aliphatic heterocycles. The number of carbonyl (C=O) groups is 2. The zero-order chi connectivity index (χ0) is 20.6. The standard InChI is InChI=1S/C22H20ClN3O3/c1-29-20-12-11-15(23)13-19(20)26-21(27)14-24-18-10-6-5-9-17(18)22(28)25-16-7-3-2-4-8-16/h2-13,24H,14H2,1H3,(H,25,28)(H,26,27). The van der Waals surface area contributed by atoms with Crippen LogP contribution >= 0.6 is 11.6 Å². The number of amides is 2. The molecule has 0 saturated carbocycles. The van der Waals surface area contributed by atoms with Crippen LogP contribution in [0.25, 0.3) is 0 Å². The van der Waals surface area contributed by atoms with Crippen LogP contribution in [0.3, 0.4) is 0 Å². The van der Waals surface area contributed by atoms with Crippen molar-refractivity contribution in [2.75, 3.05) is 29.6 Å². The van der Waals surface area contributed by atoms with Crippen LogP contribution in [-0.2, 0) is 4.79 Å². The van der Waals surface area contributed by atoms with Gasteiger partial charge in [0.25, 0.3) is 5.91 Å². The number of benzene rings is 3. The fraction of sp³-hybridized carbons (Fsp3) is 0.0909. The van der Waals surface area contributed by atoms with E-state index in [1.165, 1.54) is 7.11 Å². The van der Waals surface area contributed by atoms with Crippen molar-refractivity contribution in [1.29, 1.82) is 0 Å². The molecule has 0 aromatic heterocycles. The van der Waals surface area contributed by atoms with Crippen LogP contribution in [0.1, 0.15) is 10.4 Å². The van der Waals surface area contributed by atoms with Crippen LogP contribution in [0.5, 0.6) is 5.75 Å². The lowest BCUT2D eigenvalue weighted by Crippen LogP contribution is -2.23. The molecule has 0 heterocycles. The van der Waals surface area contributed by atoms with E-state index in [4.69, 9.17) is 16.3 Å². The molecule has 0 radical (unpaired) electrons. The van der Waals surface area contributed by atoms with Gasteiger partial charge in [0.2, 0.25) is 5.91 Å². The van der Waals surface area contributed by atoms with Gasteiger partial charge in [0.1, 0.15) is 5.75 Å². The lowest BCUT2D eigenvalue weighted by atomic mass is 10.1. The highest BCUT2D eigenvalue weighted by atomic mass is 35.5. The molecule has 29 heavy (non-hydrogen) atoms. The Balaban J connectivity index is 1.66. The normalized spacial score (nSPS) is 10.1. The Morgan fingerprint density at radius 3 is 2.38 bits per heavy atom. The van der Waals surface area contributed by atoms with Crippen molar-refractivity contribution in [2.45, 2.75) is 0 Å². The minimum Gasteiger partial charge on any atom is -0.495 e. The number of methoxy groups -OCH3 is 1. The molecule has 0 saturated heterocycles. The predicted molar refractivity (Wildman–Crippen MR) is 116 cm³/mol. The molecular formula is C22H20ClN3O3.